The smallest absolute Gasteiger partial charge is 0.584 e. The summed E-state index contributed by atoms with van der Waals surface area (Å²) in [5.74, 6) is -0.206. The lowest BCUT2D eigenvalue weighted by Crippen LogP contribution is -2.18. The Labute approximate surface area is 105 Å². The molecule has 0 spiro atoms. The van der Waals surface area contributed by atoms with E-state index in [1.807, 2.05) is 23.6 Å². The van der Waals surface area contributed by atoms with Crippen LogP contribution >= 0.6 is 11.3 Å². The summed E-state index contributed by atoms with van der Waals surface area (Å²) in [5, 5.41) is 2.04. The molecule has 4 heteroatoms. The van der Waals surface area contributed by atoms with E-state index in [0.717, 1.165) is 0 Å². The fourth-order valence-electron chi connectivity index (χ4n) is 1.40. The lowest BCUT2D eigenvalue weighted by molar-refractivity contribution is -0.131. The molecule has 0 aliphatic heterocycles. The van der Waals surface area contributed by atoms with Crippen molar-refractivity contribution in [3.8, 4) is 11.1 Å². The molecule has 0 fully saturated rings. The molecule has 0 saturated heterocycles. The van der Waals surface area contributed by atoms with Crippen LogP contribution in [0, 0.1) is 0 Å². The van der Waals surface area contributed by atoms with Crippen molar-refractivity contribution in [3.05, 3.63) is 41.8 Å². The molecule has 1 radical (unpaired) electrons. The van der Waals surface area contributed by atoms with E-state index in [-0.39, 0.29) is 5.97 Å². The second kappa shape index (κ2) is 5.31. The van der Waals surface area contributed by atoms with Crippen LogP contribution in [0.5, 0.6) is 0 Å². The van der Waals surface area contributed by atoms with Gasteiger partial charge < -0.3 is 3.79 Å². The van der Waals surface area contributed by atoms with Crippen LogP contribution in [0.15, 0.2) is 41.8 Å². The molecule has 0 N–H and O–H groups in total. The maximum atomic E-state index is 10.8. The molecule has 0 aliphatic carbocycles. The number of hydrogen-bond donors (Lipinski definition) is 0. The van der Waals surface area contributed by atoms with Gasteiger partial charge in [-0.3, -0.25) is 4.79 Å². The van der Waals surface area contributed by atoms with Gasteiger partial charge in [0, 0.05) is 6.92 Å². The summed E-state index contributed by atoms with van der Waals surface area (Å²) in [7, 11) is 0. The van der Waals surface area contributed by atoms with E-state index in [4.69, 9.17) is 3.79 Å². The average molecular weight is 245 g/mol. The van der Waals surface area contributed by atoms with Crippen molar-refractivity contribution in [1.29, 1.82) is 0 Å². The van der Waals surface area contributed by atoms with Crippen molar-refractivity contribution in [1.82, 2.24) is 0 Å². The van der Waals surface area contributed by atoms with Crippen LogP contribution in [0.3, 0.4) is 0 Å². The lowest BCUT2D eigenvalue weighted by atomic mass is 10.1. The van der Waals surface area contributed by atoms with E-state index in [0.29, 0.717) is 0 Å². The molecule has 16 heavy (non-hydrogen) atoms. The minimum Gasteiger partial charge on any atom is -0.618 e. The monoisotopic (exact) mass is 245 g/mol. The number of carbonyl (C=O) groups excluding carboxylic acids is 1. The lowest BCUT2D eigenvalue weighted by Gasteiger charge is -2.03. The molecule has 2 rings (SSSR count). The zero-order valence-corrected chi connectivity index (χ0v) is 10.8. The SMILES string of the molecule is CC(=O)[O][Al][c]1sccc1-c1ccccc1. The predicted octanol–water partition coefficient (Wildman–Crippen LogP) is 2.22. The quantitative estimate of drug-likeness (QED) is 0.775. The summed E-state index contributed by atoms with van der Waals surface area (Å²) in [5.41, 5.74) is 2.36. The van der Waals surface area contributed by atoms with Crippen LogP contribution in [0.4, 0.5) is 0 Å². The first-order valence-electron chi connectivity index (χ1n) is 4.91. The maximum Gasteiger partial charge on any atom is 0.584 e. The fraction of sp³-hybridized carbons (Fsp3) is 0.0833. The van der Waals surface area contributed by atoms with Crippen LogP contribution in [-0.2, 0) is 8.58 Å². The van der Waals surface area contributed by atoms with Gasteiger partial charge in [-0.2, -0.15) is 11.3 Å². The van der Waals surface area contributed by atoms with Crippen molar-refractivity contribution in [3.63, 3.8) is 0 Å². The van der Waals surface area contributed by atoms with Gasteiger partial charge in [0.2, 0.25) is 0 Å². The summed E-state index contributed by atoms with van der Waals surface area (Å²) in [6, 6.07) is 12.2. The van der Waals surface area contributed by atoms with Crippen molar-refractivity contribution in [2.24, 2.45) is 0 Å². The molecule has 0 bridgehead atoms. The summed E-state index contributed by atoms with van der Waals surface area (Å²) < 4.78 is 6.27. The third kappa shape index (κ3) is 2.73. The Morgan fingerprint density at radius 3 is 2.69 bits per heavy atom. The van der Waals surface area contributed by atoms with Gasteiger partial charge >= 0.3 is 15.6 Å². The Morgan fingerprint density at radius 1 is 1.25 bits per heavy atom. The zero-order chi connectivity index (χ0) is 11.4. The molecule has 0 aliphatic rings. The van der Waals surface area contributed by atoms with Crippen molar-refractivity contribution in [2.45, 2.75) is 6.92 Å². The summed E-state index contributed by atoms with van der Waals surface area (Å²) >= 11 is 1.24. The van der Waals surface area contributed by atoms with Crippen LogP contribution in [-0.4, -0.2) is 21.5 Å². The highest BCUT2D eigenvalue weighted by Crippen LogP contribution is 2.19. The van der Waals surface area contributed by atoms with Gasteiger partial charge in [0.05, 0.1) is 0 Å². The minimum atomic E-state index is -0.409. The van der Waals surface area contributed by atoms with Crippen molar-refractivity contribution in [2.75, 3.05) is 0 Å². The average Bonchev–Trinajstić information content (AvgIpc) is 2.75. The molecular weight excluding hydrogens is 235 g/mol. The molecule has 0 atom stereocenters. The van der Waals surface area contributed by atoms with Gasteiger partial charge in [0.1, 0.15) is 0 Å². The topological polar surface area (TPSA) is 26.3 Å². The standard InChI is InChI=1S/C10H7S.C2H4O2.Al/c1-2-4-9(5-3-1)10-6-7-11-8-10;1-2(3)4;/h1-7H;1H3,(H,3,4);/q;;+1/p-1. The Bertz CT molecular complexity index is 479. The van der Waals surface area contributed by atoms with Gasteiger partial charge in [0.15, 0.2) is 0 Å². The summed E-state index contributed by atoms with van der Waals surface area (Å²) in [4.78, 5) is 10.8. The fourth-order valence-corrected chi connectivity index (χ4v) is 3.33. The van der Waals surface area contributed by atoms with E-state index < -0.39 is 15.6 Å². The van der Waals surface area contributed by atoms with Crippen LogP contribution < -0.4 is 3.74 Å². The molecular formula is C12H10AlO2S. The number of carbonyl (C=O) groups is 1. The van der Waals surface area contributed by atoms with Gasteiger partial charge in [-0.15, -0.1) is 0 Å². The molecule has 79 valence electrons. The summed E-state index contributed by atoms with van der Waals surface area (Å²) in [6.45, 7) is 1.45. The number of rotatable bonds is 3. The summed E-state index contributed by atoms with van der Waals surface area (Å²) in [6.07, 6.45) is 0. The van der Waals surface area contributed by atoms with Crippen LogP contribution in [0.25, 0.3) is 11.1 Å². The van der Waals surface area contributed by atoms with Crippen molar-refractivity contribution < 1.29 is 8.58 Å². The Morgan fingerprint density at radius 2 is 2.00 bits per heavy atom. The third-order valence-corrected chi connectivity index (χ3v) is 4.53. The second-order valence-corrected chi connectivity index (χ2v) is 5.71. The first-order valence-corrected chi connectivity index (χ1v) is 6.83. The van der Waals surface area contributed by atoms with Crippen molar-refractivity contribution >= 4 is 36.6 Å². The van der Waals surface area contributed by atoms with Crippen LogP contribution in [0.1, 0.15) is 6.92 Å². The van der Waals surface area contributed by atoms with Gasteiger partial charge in [-0.05, 0) is 26.3 Å². The molecule has 2 aromatic rings. The first kappa shape index (κ1) is 11.4. The van der Waals surface area contributed by atoms with E-state index >= 15 is 0 Å². The first-order chi connectivity index (χ1) is 7.77. The highest BCUT2D eigenvalue weighted by atomic mass is 32.1. The highest BCUT2D eigenvalue weighted by Gasteiger charge is 2.12. The Balaban J connectivity index is 2.23. The van der Waals surface area contributed by atoms with E-state index in [9.17, 15) is 4.79 Å². The Kier molecular flexibility index (Phi) is 3.79. The third-order valence-electron chi connectivity index (χ3n) is 2.11. The number of benzene rings is 1. The molecule has 2 nitrogen and oxygen atoms in total. The number of hydrogen-bond acceptors (Lipinski definition) is 3. The normalized spacial score (nSPS) is 9.81. The van der Waals surface area contributed by atoms with Gasteiger partial charge in [0.25, 0.3) is 5.97 Å². The molecule has 0 amide bonds. The predicted molar refractivity (Wildman–Crippen MR) is 66.9 cm³/mol. The maximum absolute atomic E-state index is 10.8. The van der Waals surface area contributed by atoms with Gasteiger partial charge in [-0.1, -0.05) is 30.3 Å². The number of thiophene rings is 1. The molecule has 1 heterocycles. The molecule has 1 aromatic heterocycles. The second-order valence-electron chi connectivity index (χ2n) is 3.29. The molecule has 0 saturated carbocycles. The van der Waals surface area contributed by atoms with E-state index in [1.54, 1.807) is 11.3 Å². The van der Waals surface area contributed by atoms with Crippen LogP contribution in [0.2, 0.25) is 0 Å². The highest BCUT2D eigenvalue weighted by molar-refractivity contribution is 7.20. The van der Waals surface area contributed by atoms with E-state index in [1.165, 1.54) is 21.8 Å². The largest absolute Gasteiger partial charge is 0.618 e. The minimum absolute atomic E-state index is 0.206. The van der Waals surface area contributed by atoms with E-state index in [2.05, 4.69) is 18.2 Å². The molecule has 1 aromatic carbocycles. The zero-order valence-electron chi connectivity index (χ0n) is 8.84. The van der Waals surface area contributed by atoms with Gasteiger partial charge in [-0.25, -0.2) is 0 Å². The Hall–Kier alpha value is -1.08. The molecule has 0 unspecified atom stereocenters.